The molecule has 0 heterocycles. The third-order valence-electron chi connectivity index (χ3n) is 5.38. The molecule has 35 heavy (non-hydrogen) atoms. The van der Waals surface area contributed by atoms with Gasteiger partial charge in [-0.1, -0.05) is 74.5 Å². The number of hydrogen-bond donors (Lipinski definition) is 3. The first kappa shape index (κ1) is 28.0. The minimum atomic E-state index is -1.14. The number of amides is 2. The fraction of sp³-hybridized carbons (Fsp3) is 0.444. The van der Waals surface area contributed by atoms with Crippen molar-refractivity contribution >= 4 is 17.8 Å². The van der Waals surface area contributed by atoms with E-state index in [1.165, 1.54) is 0 Å². The van der Waals surface area contributed by atoms with Crippen LogP contribution in [0.4, 0.5) is 4.79 Å². The van der Waals surface area contributed by atoms with Crippen LogP contribution >= 0.6 is 0 Å². The Kier molecular flexibility index (Phi) is 11.9. The van der Waals surface area contributed by atoms with Crippen LogP contribution in [0.5, 0.6) is 0 Å². The Morgan fingerprint density at radius 2 is 1.49 bits per heavy atom. The maximum atomic E-state index is 13.2. The topological polar surface area (TPSA) is 120 Å². The molecule has 8 heteroatoms. The molecule has 0 aliphatic carbocycles. The molecule has 0 aromatic heterocycles. The lowest BCUT2D eigenvalue weighted by Gasteiger charge is -2.25. The molecule has 2 aromatic carbocycles. The molecule has 2 aromatic rings. The van der Waals surface area contributed by atoms with Crippen molar-refractivity contribution in [3.05, 3.63) is 71.8 Å². The van der Waals surface area contributed by atoms with Crippen LogP contribution in [0.2, 0.25) is 0 Å². The summed E-state index contributed by atoms with van der Waals surface area (Å²) in [5, 5.41) is 5.44. The number of ketones is 1. The first-order chi connectivity index (χ1) is 16.8. The van der Waals surface area contributed by atoms with Crippen molar-refractivity contribution in [2.24, 2.45) is 11.7 Å². The number of aryl methyl sites for hydroxylation is 1. The second-order valence-electron chi connectivity index (χ2n) is 8.75. The van der Waals surface area contributed by atoms with Gasteiger partial charge in [0, 0.05) is 6.61 Å². The van der Waals surface area contributed by atoms with E-state index >= 15 is 0 Å². The molecule has 3 unspecified atom stereocenters. The molecule has 0 bridgehead atoms. The lowest BCUT2D eigenvalue weighted by molar-refractivity contribution is -0.136. The predicted molar refractivity (Wildman–Crippen MR) is 134 cm³/mol. The van der Waals surface area contributed by atoms with Gasteiger partial charge in [-0.05, 0) is 43.2 Å². The third kappa shape index (κ3) is 10.3. The van der Waals surface area contributed by atoms with Gasteiger partial charge in [-0.15, -0.1) is 0 Å². The average Bonchev–Trinajstić information content (AvgIpc) is 2.85. The van der Waals surface area contributed by atoms with Gasteiger partial charge in [0.2, 0.25) is 5.91 Å². The van der Waals surface area contributed by atoms with Crippen molar-refractivity contribution < 1.29 is 23.9 Å². The largest absolute Gasteiger partial charge is 0.445 e. The number of nitrogens with two attached hydrogens (primary N) is 1. The van der Waals surface area contributed by atoms with Crippen LogP contribution in [0.1, 0.15) is 44.7 Å². The van der Waals surface area contributed by atoms with E-state index in [0.29, 0.717) is 19.3 Å². The zero-order chi connectivity index (χ0) is 25.6. The molecule has 8 nitrogen and oxygen atoms in total. The zero-order valence-electron chi connectivity index (χ0n) is 20.7. The molecule has 0 radical (unpaired) electrons. The van der Waals surface area contributed by atoms with Crippen LogP contribution in [0.3, 0.4) is 0 Å². The molecule has 0 spiro atoms. The Labute approximate surface area is 207 Å². The van der Waals surface area contributed by atoms with Gasteiger partial charge in [0.15, 0.2) is 12.0 Å². The minimum absolute atomic E-state index is 0.0874. The molecule has 2 amide bonds. The van der Waals surface area contributed by atoms with Crippen molar-refractivity contribution in [1.82, 2.24) is 10.6 Å². The summed E-state index contributed by atoms with van der Waals surface area (Å²) < 4.78 is 10.6. The summed E-state index contributed by atoms with van der Waals surface area (Å²) in [6, 6.07) is 17.2. The monoisotopic (exact) mass is 483 g/mol. The first-order valence-electron chi connectivity index (χ1n) is 12.0. The standard InChI is InChI=1S/C27H37N3O5/c1-4-34-25(28)24(31)22(16-15-20-11-7-5-8-12-20)29-26(32)23(17-19(2)3)30-27(33)35-18-21-13-9-6-10-14-21/h5-14,19,22-23,25H,4,15-18,28H2,1-3H3,(H,29,32)(H,30,33). The molecule has 2 rings (SSSR count). The van der Waals surface area contributed by atoms with Crippen LogP contribution in [0.15, 0.2) is 60.7 Å². The summed E-state index contributed by atoms with van der Waals surface area (Å²) in [5.41, 5.74) is 7.76. The number of nitrogens with one attached hydrogen (secondary N) is 2. The van der Waals surface area contributed by atoms with Crippen LogP contribution in [0.25, 0.3) is 0 Å². The molecule has 0 fully saturated rings. The molecule has 3 atom stereocenters. The van der Waals surface area contributed by atoms with E-state index in [9.17, 15) is 14.4 Å². The molecule has 0 aliphatic rings. The third-order valence-corrected chi connectivity index (χ3v) is 5.38. The van der Waals surface area contributed by atoms with Gasteiger partial charge in [0.1, 0.15) is 12.6 Å². The highest BCUT2D eigenvalue weighted by atomic mass is 16.5. The SMILES string of the molecule is CCOC(N)C(=O)C(CCc1ccccc1)NC(=O)C(CC(C)C)NC(=O)OCc1ccccc1. The average molecular weight is 484 g/mol. The predicted octanol–water partition coefficient (Wildman–Crippen LogP) is 3.34. The number of carbonyl (C=O) groups is 3. The van der Waals surface area contributed by atoms with Crippen LogP contribution < -0.4 is 16.4 Å². The highest BCUT2D eigenvalue weighted by Gasteiger charge is 2.30. The van der Waals surface area contributed by atoms with E-state index in [0.717, 1.165) is 11.1 Å². The van der Waals surface area contributed by atoms with Crippen molar-refractivity contribution in [3.63, 3.8) is 0 Å². The van der Waals surface area contributed by atoms with Crippen molar-refractivity contribution in [2.75, 3.05) is 6.61 Å². The van der Waals surface area contributed by atoms with E-state index in [-0.39, 0.29) is 19.1 Å². The summed E-state index contributed by atoms with van der Waals surface area (Å²) in [7, 11) is 0. The van der Waals surface area contributed by atoms with E-state index in [1.807, 2.05) is 74.5 Å². The molecule has 0 aliphatic heterocycles. The normalized spacial score (nSPS) is 13.5. The summed E-state index contributed by atoms with van der Waals surface area (Å²) in [6.45, 7) is 6.00. The second-order valence-corrected chi connectivity index (χ2v) is 8.75. The van der Waals surface area contributed by atoms with Crippen molar-refractivity contribution in [3.8, 4) is 0 Å². The second kappa shape index (κ2) is 14.9. The minimum Gasteiger partial charge on any atom is -0.445 e. The summed E-state index contributed by atoms with van der Waals surface area (Å²) in [6.07, 6.45) is -0.551. The molecular weight excluding hydrogens is 446 g/mol. The van der Waals surface area contributed by atoms with Crippen LogP contribution in [-0.2, 0) is 32.1 Å². The van der Waals surface area contributed by atoms with Gasteiger partial charge in [-0.2, -0.15) is 0 Å². The van der Waals surface area contributed by atoms with Crippen molar-refractivity contribution in [2.45, 2.75) is 65.0 Å². The van der Waals surface area contributed by atoms with E-state index in [2.05, 4.69) is 10.6 Å². The van der Waals surface area contributed by atoms with E-state index < -0.39 is 36.1 Å². The number of ether oxygens (including phenoxy) is 2. The van der Waals surface area contributed by atoms with Gasteiger partial charge in [-0.3, -0.25) is 15.3 Å². The first-order valence-corrected chi connectivity index (χ1v) is 12.0. The Hall–Kier alpha value is -3.23. The highest BCUT2D eigenvalue weighted by Crippen LogP contribution is 2.11. The Bertz CT molecular complexity index is 921. The van der Waals surface area contributed by atoms with Gasteiger partial charge < -0.3 is 20.1 Å². The van der Waals surface area contributed by atoms with Gasteiger partial charge in [0.05, 0.1) is 6.04 Å². The quantitative estimate of drug-likeness (QED) is 0.355. The summed E-state index contributed by atoms with van der Waals surface area (Å²) in [5.74, 6) is -0.763. The lowest BCUT2D eigenvalue weighted by atomic mass is 9.99. The Balaban J connectivity index is 2.06. The zero-order valence-corrected chi connectivity index (χ0v) is 20.7. The maximum Gasteiger partial charge on any atom is 0.408 e. The van der Waals surface area contributed by atoms with Crippen LogP contribution in [-0.4, -0.2) is 42.7 Å². The number of carbonyl (C=O) groups excluding carboxylic acids is 3. The Morgan fingerprint density at radius 3 is 2.06 bits per heavy atom. The number of benzene rings is 2. The summed E-state index contributed by atoms with van der Waals surface area (Å²) >= 11 is 0. The lowest BCUT2D eigenvalue weighted by Crippen LogP contribution is -2.55. The molecular formula is C27H37N3O5. The van der Waals surface area contributed by atoms with Crippen molar-refractivity contribution in [1.29, 1.82) is 0 Å². The van der Waals surface area contributed by atoms with E-state index in [4.69, 9.17) is 15.2 Å². The van der Waals surface area contributed by atoms with Gasteiger partial charge in [0.25, 0.3) is 0 Å². The number of rotatable bonds is 14. The maximum absolute atomic E-state index is 13.2. The number of alkyl carbamates (subject to hydrolysis) is 1. The van der Waals surface area contributed by atoms with Gasteiger partial charge in [-0.25, -0.2) is 4.79 Å². The molecule has 190 valence electrons. The highest BCUT2D eigenvalue weighted by molar-refractivity contribution is 5.93. The fourth-order valence-electron chi connectivity index (χ4n) is 3.58. The molecule has 0 saturated heterocycles. The molecule has 4 N–H and O–H groups in total. The fourth-order valence-corrected chi connectivity index (χ4v) is 3.58. The summed E-state index contributed by atoms with van der Waals surface area (Å²) in [4.78, 5) is 38.5. The molecule has 0 saturated carbocycles. The number of hydrogen-bond acceptors (Lipinski definition) is 6. The van der Waals surface area contributed by atoms with Gasteiger partial charge >= 0.3 is 6.09 Å². The smallest absolute Gasteiger partial charge is 0.408 e. The Morgan fingerprint density at radius 1 is 0.886 bits per heavy atom. The number of Topliss-reactive ketones (excluding diaryl/α,β-unsaturated/α-hetero) is 1. The van der Waals surface area contributed by atoms with E-state index in [1.54, 1.807) is 6.92 Å². The van der Waals surface area contributed by atoms with Crippen LogP contribution in [0, 0.1) is 5.92 Å².